The molecule has 1 N–H and O–H groups in total. The SMILES string of the molecule is FC(F)(F)c1cnc(OC2CC3(CNC3)C2)cn1. The number of alkyl halides is 3. The standard InChI is InChI=1S/C11H12F3N3O/c12-11(13,14)8-3-17-9(4-16-8)18-7-1-10(2-7)5-15-6-10/h3-4,7,15H,1-2,5-6H2. The summed E-state index contributed by atoms with van der Waals surface area (Å²) in [6.07, 6.45) is -0.797. The topological polar surface area (TPSA) is 47.0 Å². The first-order chi connectivity index (χ1) is 8.47. The number of aromatic nitrogens is 2. The molecular formula is C11H12F3N3O. The Balaban J connectivity index is 1.57. The van der Waals surface area contributed by atoms with E-state index < -0.39 is 11.9 Å². The van der Waals surface area contributed by atoms with E-state index in [1.54, 1.807) is 0 Å². The van der Waals surface area contributed by atoms with Crippen LogP contribution in [0, 0.1) is 5.41 Å². The highest BCUT2D eigenvalue weighted by molar-refractivity contribution is 5.12. The van der Waals surface area contributed by atoms with Crippen molar-refractivity contribution in [2.24, 2.45) is 5.41 Å². The highest BCUT2D eigenvalue weighted by Crippen LogP contribution is 2.45. The third kappa shape index (κ3) is 2.03. The number of halogens is 3. The fraction of sp³-hybridized carbons (Fsp3) is 0.636. The molecule has 0 unspecified atom stereocenters. The zero-order valence-corrected chi connectivity index (χ0v) is 9.50. The molecule has 2 heterocycles. The van der Waals surface area contributed by atoms with Gasteiger partial charge in [0.05, 0.1) is 12.4 Å². The van der Waals surface area contributed by atoms with Crippen molar-refractivity contribution in [2.45, 2.75) is 25.1 Å². The number of nitrogens with one attached hydrogen (secondary N) is 1. The Kier molecular flexibility index (Phi) is 2.48. The van der Waals surface area contributed by atoms with Crippen molar-refractivity contribution in [1.82, 2.24) is 15.3 Å². The van der Waals surface area contributed by atoms with Gasteiger partial charge in [0.2, 0.25) is 5.88 Å². The molecule has 1 saturated heterocycles. The lowest BCUT2D eigenvalue weighted by molar-refractivity contribution is -0.141. The summed E-state index contributed by atoms with van der Waals surface area (Å²) in [6, 6.07) is 0. The number of ether oxygens (including phenoxy) is 1. The average Bonchev–Trinajstić information content (AvgIpc) is 2.19. The highest BCUT2D eigenvalue weighted by Gasteiger charge is 2.49. The molecule has 1 aromatic heterocycles. The van der Waals surface area contributed by atoms with Gasteiger partial charge in [-0.15, -0.1) is 0 Å². The van der Waals surface area contributed by atoms with Crippen LogP contribution in [0.3, 0.4) is 0 Å². The van der Waals surface area contributed by atoms with E-state index >= 15 is 0 Å². The summed E-state index contributed by atoms with van der Waals surface area (Å²) in [5.74, 6) is 0.162. The molecule has 0 aromatic carbocycles. The van der Waals surface area contributed by atoms with Crippen molar-refractivity contribution in [3.63, 3.8) is 0 Å². The molecule has 0 amide bonds. The second kappa shape index (κ2) is 3.81. The lowest BCUT2D eigenvalue weighted by Gasteiger charge is -2.53. The van der Waals surface area contributed by atoms with Crippen LogP contribution < -0.4 is 10.1 Å². The molecule has 1 spiro atoms. The summed E-state index contributed by atoms with van der Waals surface area (Å²) in [6.45, 7) is 2.01. The van der Waals surface area contributed by atoms with Gasteiger partial charge >= 0.3 is 6.18 Å². The lowest BCUT2D eigenvalue weighted by Crippen LogP contribution is -2.62. The van der Waals surface area contributed by atoms with Gasteiger partial charge in [0.15, 0.2) is 5.69 Å². The van der Waals surface area contributed by atoms with Crippen LogP contribution >= 0.6 is 0 Å². The number of nitrogens with zero attached hydrogens (tertiary/aromatic N) is 2. The molecule has 1 aliphatic heterocycles. The number of rotatable bonds is 2. The van der Waals surface area contributed by atoms with Gasteiger partial charge in [-0.05, 0) is 12.8 Å². The van der Waals surface area contributed by atoms with Crippen LogP contribution in [0.15, 0.2) is 12.4 Å². The van der Waals surface area contributed by atoms with Gasteiger partial charge < -0.3 is 10.1 Å². The van der Waals surface area contributed by atoms with Crippen LogP contribution in [0.25, 0.3) is 0 Å². The minimum absolute atomic E-state index is 0.0538. The van der Waals surface area contributed by atoms with Gasteiger partial charge in [-0.2, -0.15) is 13.2 Å². The molecular weight excluding hydrogens is 247 g/mol. The van der Waals surface area contributed by atoms with E-state index in [4.69, 9.17) is 4.74 Å². The Morgan fingerprint density at radius 1 is 1.22 bits per heavy atom. The molecule has 4 nitrogen and oxygen atoms in total. The smallest absolute Gasteiger partial charge is 0.434 e. The zero-order chi connectivity index (χ0) is 12.8. The second-order valence-corrected chi connectivity index (χ2v) is 4.99. The van der Waals surface area contributed by atoms with Crippen molar-refractivity contribution in [3.05, 3.63) is 18.1 Å². The van der Waals surface area contributed by atoms with Gasteiger partial charge in [-0.3, -0.25) is 0 Å². The quantitative estimate of drug-likeness (QED) is 0.876. The maximum Gasteiger partial charge on any atom is 0.434 e. The minimum Gasteiger partial charge on any atom is -0.473 e. The molecule has 1 aromatic rings. The molecule has 2 aliphatic rings. The molecule has 18 heavy (non-hydrogen) atoms. The lowest BCUT2D eigenvalue weighted by atomic mass is 9.63. The summed E-state index contributed by atoms with van der Waals surface area (Å²) < 4.78 is 42.3. The van der Waals surface area contributed by atoms with Crippen molar-refractivity contribution in [1.29, 1.82) is 0 Å². The first-order valence-electron chi connectivity index (χ1n) is 5.74. The van der Waals surface area contributed by atoms with Crippen LogP contribution in [0.1, 0.15) is 18.5 Å². The maximum absolute atomic E-state index is 12.3. The van der Waals surface area contributed by atoms with E-state index in [0.717, 1.165) is 32.1 Å². The molecule has 2 fully saturated rings. The number of hydrogen-bond donors (Lipinski definition) is 1. The Bertz CT molecular complexity index is 434. The van der Waals surface area contributed by atoms with Crippen LogP contribution in [0.4, 0.5) is 13.2 Å². The molecule has 1 aliphatic carbocycles. The summed E-state index contributed by atoms with van der Waals surface area (Å²) in [7, 11) is 0. The third-order valence-electron chi connectivity index (χ3n) is 3.53. The zero-order valence-electron chi connectivity index (χ0n) is 9.50. The first kappa shape index (κ1) is 11.7. The van der Waals surface area contributed by atoms with E-state index in [0.29, 0.717) is 11.6 Å². The fourth-order valence-electron chi connectivity index (χ4n) is 2.45. The van der Waals surface area contributed by atoms with E-state index in [1.807, 2.05) is 0 Å². The van der Waals surface area contributed by atoms with Crippen molar-refractivity contribution < 1.29 is 17.9 Å². The summed E-state index contributed by atoms with van der Waals surface area (Å²) >= 11 is 0. The molecule has 98 valence electrons. The van der Waals surface area contributed by atoms with Crippen LogP contribution in [0.2, 0.25) is 0 Å². The summed E-state index contributed by atoms with van der Waals surface area (Å²) in [5, 5.41) is 3.20. The monoisotopic (exact) mass is 259 g/mol. The second-order valence-electron chi connectivity index (χ2n) is 4.99. The Hall–Kier alpha value is -1.37. The third-order valence-corrected chi connectivity index (χ3v) is 3.53. The van der Waals surface area contributed by atoms with E-state index in [1.165, 1.54) is 0 Å². The molecule has 0 atom stereocenters. The molecule has 3 rings (SSSR count). The molecule has 0 radical (unpaired) electrons. The predicted octanol–water partition coefficient (Wildman–Crippen LogP) is 1.63. The Labute approximate surface area is 102 Å². The van der Waals surface area contributed by atoms with Crippen LogP contribution in [-0.2, 0) is 6.18 Å². The van der Waals surface area contributed by atoms with Gasteiger partial charge in [0.25, 0.3) is 0 Å². The minimum atomic E-state index is -4.45. The van der Waals surface area contributed by atoms with E-state index in [-0.39, 0.29) is 12.0 Å². The Morgan fingerprint density at radius 3 is 2.39 bits per heavy atom. The van der Waals surface area contributed by atoms with Crippen molar-refractivity contribution in [2.75, 3.05) is 13.1 Å². The molecule has 0 bridgehead atoms. The van der Waals surface area contributed by atoms with E-state index in [9.17, 15) is 13.2 Å². The van der Waals surface area contributed by atoms with Gasteiger partial charge in [-0.1, -0.05) is 0 Å². The van der Waals surface area contributed by atoms with Crippen LogP contribution in [0.5, 0.6) is 5.88 Å². The number of hydrogen-bond acceptors (Lipinski definition) is 4. The highest BCUT2D eigenvalue weighted by atomic mass is 19.4. The fourth-order valence-corrected chi connectivity index (χ4v) is 2.45. The van der Waals surface area contributed by atoms with E-state index in [2.05, 4.69) is 15.3 Å². The summed E-state index contributed by atoms with van der Waals surface area (Å²) in [4.78, 5) is 6.95. The van der Waals surface area contributed by atoms with Gasteiger partial charge in [0, 0.05) is 18.5 Å². The first-order valence-corrected chi connectivity index (χ1v) is 5.74. The van der Waals surface area contributed by atoms with Gasteiger partial charge in [-0.25, -0.2) is 9.97 Å². The van der Waals surface area contributed by atoms with Gasteiger partial charge in [0.1, 0.15) is 6.10 Å². The van der Waals surface area contributed by atoms with Crippen molar-refractivity contribution in [3.8, 4) is 5.88 Å². The normalized spacial score (nSPS) is 22.4. The van der Waals surface area contributed by atoms with Crippen molar-refractivity contribution >= 4 is 0 Å². The molecule has 1 saturated carbocycles. The maximum atomic E-state index is 12.3. The average molecular weight is 259 g/mol. The summed E-state index contributed by atoms with van der Waals surface area (Å²) in [5.41, 5.74) is -0.632. The van der Waals surface area contributed by atoms with Crippen LogP contribution in [-0.4, -0.2) is 29.2 Å². The molecule has 7 heteroatoms. The Morgan fingerprint density at radius 2 is 1.94 bits per heavy atom. The predicted molar refractivity (Wildman–Crippen MR) is 56.0 cm³/mol. The largest absolute Gasteiger partial charge is 0.473 e.